The predicted octanol–water partition coefficient (Wildman–Crippen LogP) is 4.02. The first-order chi connectivity index (χ1) is 16.3. The Kier molecular flexibility index (Phi) is 11.0. The summed E-state index contributed by atoms with van der Waals surface area (Å²) in [4.78, 5) is 25.2. The standard InChI is InChI=1S/C26H33NO6S/c1-3-4-5-6-10-17-32-26(29)25(21-11-8-7-9-12-21)23(19-33-24(28)18-27)20-13-15-22(16-14-20)34(2,30)31/h7-9,11-16H,3-6,10,17-19,27H2,1-2H3/b25-23+. The maximum absolute atomic E-state index is 13.2. The normalized spacial score (nSPS) is 12.1. The lowest BCUT2D eigenvalue weighted by molar-refractivity contribution is -0.140. The Bertz CT molecular complexity index is 1080. The SMILES string of the molecule is CCCCCCCOC(=O)/C(=C(\COC(=O)CN)c1ccc(S(C)(=O)=O)cc1)c1ccccc1. The van der Waals surface area contributed by atoms with Crippen molar-refractivity contribution >= 4 is 32.9 Å². The van der Waals surface area contributed by atoms with Gasteiger partial charge in [-0.2, -0.15) is 0 Å². The number of unbranched alkanes of at least 4 members (excludes halogenated alkanes) is 4. The molecule has 2 aromatic carbocycles. The molecular weight excluding hydrogens is 454 g/mol. The molecule has 0 atom stereocenters. The third kappa shape index (κ3) is 8.43. The molecule has 0 spiro atoms. The quantitative estimate of drug-likeness (QED) is 0.196. The second-order valence-electron chi connectivity index (χ2n) is 7.93. The van der Waals surface area contributed by atoms with Crippen LogP contribution in [-0.4, -0.2) is 46.4 Å². The smallest absolute Gasteiger partial charge is 0.339 e. The Morgan fingerprint density at radius 2 is 1.50 bits per heavy atom. The van der Waals surface area contributed by atoms with Gasteiger partial charge in [-0.1, -0.05) is 75.1 Å². The molecule has 0 bridgehead atoms. The number of carbonyl (C=O) groups is 2. The van der Waals surface area contributed by atoms with Crippen molar-refractivity contribution in [1.29, 1.82) is 0 Å². The largest absolute Gasteiger partial charge is 0.462 e. The Hall–Kier alpha value is -2.97. The van der Waals surface area contributed by atoms with Gasteiger partial charge in [0.05, 0.1) is 23.6 Å². The van der Waals surface area contributed by atoms with Crippen LogP contribution in [-0.2, 0) is 28.9 Å². The molecule has 7 nitrogen and oxygen atoms in total. The van der Waals surface area contributed by atoms with Gasteiger partial charge in [0, 0.05) is 11.8 Å². The molecule has 0 aliphatic heterocycles. The number of nitrogens with two attached hydrogens (primary N) is 1. The van der Waals surface area contributed by atoms with E-state index in [4.69, 9.17) is 15.2 Å². The maximum atomic E-state index is 13.2. The number of benzene rings is 2. The lowest BCUT2D eigenvalue weighted by atomic mass is 9.95. The van der Waals surface area contributed by atoms with Gasteiger partial charge in [0.1, 0.15) is 6.61 Å². The van der Waals surface area contributed by atoms with Crippen LogP contribution in [0.4, 0.5) is 0 Å². The lowest BCUT2D eigenvalue weighted by Crippen LogP contribution is -2.19. The number of carbonyl (C=O) groups excluding carboxylic acids is 2. The molecule has 8 heteroatoms. The second kappa shape index (κ2) is 13.7. The van der Waals surface area contributed by atoms with Gasteiger partial charge in [-0.25, -0.2) is 13.2 Å². The molecule has 0 aliphatic carbocycles. The molecule has 0 aliphatic rings. The molecule has 2 aromatic rings. The van der Waals surface area contributed by atoms with E-state index >= 15 is 0 Å². The molecule has 2 N–H and O–H groups in total. The summed E-state index contributed by atoms with van der Waals surface area (Å²) in [7, 11) is -3.40. The van der Waals surface area contributed by atoms with Gasteiger partial charge in [-0.3, -0.25) is 4.79 Å². The zero-order valence-electron chi connectivity index (χ0n) is 19.8. The van der Waals surface area contributed by atoms with Crippen molar-refractivity contribution in [3.63, 3.8) is 0 Å². The summed E-state index contributed by atoms with van der Waals surface area (Å²) in [6.07, 6.45) is 6.21. The number of sulfone groups is 1. The van der Waals surface area contributed by atoms with E-state index < -0.39 is 21.8 Å². The molecule has 0 saturated carbocycles. The molecule has 34 heavy (non-hydrogen) atoms. The van der Waals surface area contributed by atoms with Crippen molar-refractivity contribution in [1.82, 2.24) is 0 Å². The average molecular weight is 488 g/mol. The van der Waals surface area contributed by atoms with Crippen LogP contribution in [0.2, 0.25) is 0 Å². The fourth-order valence-electron chi connectivity index (χ4n) is 3.38. The molecule has 0 heterocycles. The zero-order valence-corrected chi connectivity index (χ0v) is 20.6. The minimum atomic E-state index is -3.40. The molecule has 2 rings (SSSR count). The third-order valence-corrected chi connectivity index (χ3v) is 6.35. The van der Waals surface area contributed by atoms with Crippen molar-refractivity contribution < 1.29 is 27.5 Å². The van der Waals surface area contributed by atoms with Crippen molar-refractivity contribution in [3.8, 4) is 0 Å². The van der Waals surface area contributed by atoms with Gasteiger partial charge in [-0.15, -0.1) is 0 Å². The van der Waals surface area contributed by atoms with Gasteiger partial charge < -0.3 is 15.2 Å². The number of rotatable bonds is 13. The molecule has 0 unspecified atom stereocenters. The zero-order chi connectivity index (χ0) is 25.0. The van der Waals surface area contributed by atoms with E-state index in [1.54, 1.807) is 36.4 Å². The van der Waals surface area contributed by atoms with E-state index in [-0.39, 0.29) is 30.2 Å². The summed E-state index contributed by atoms with van der Waals surface area (Å²) < 4.78 is 34.6. The first kappa shape index (κ1) is 27.3. The Morgan fingerprint density at radius 3 is 2.09 bits per heavy atom. The van der Waals surface area contributed by atoms with Crippen molar-refractivity contribution in [2.24, 2.45) is 5.73 Å². The lowest BCUT2D eigenvalue weighted by Gasteiger charge is -2.16. The average Bonchev–Trinajstić information content (AvgIpc) is 2.83. The minimum Gasteiger partial charge on any atom is -0.462 e. The third-order valence-electron chi connectivity index (χ3n) is 5.22. The second-order valence-corrected chi connectivity index (χ2v) is 9.95. The topological polar surface area (TPSA) is 113 Å². The molecular formula is C26H33NO6S. The Labute approximate surface area is 201 Å². The van der Waals surface area contributed by atoms with E-state index in [2.05, 4.69) is 6.92 Å². The van der Waals surface area contributed by atoms with Crippen LogP contribution < -0.4 is 5.73 Å². The fraction of sp³-hybridized carbons (Fsp3) is 0.385. The van der Waals surface area contributed by atoms with E-state index in [1.807, 2.05) is 6.07 Å². The maximum Gasteiger partial charge on any atom is 0.339 e. The highest BCUT2D eigenvalue weighted by molar-refractivity contribution is 7.90. The predicted molar refractivity (Wildman–Crippen MR) is 133 cm³/mol. The van der Waals surface area contributed by atoms with Crippen LogP contribution in [0.3, 0.4) is 0 Å². The minimum absolute atomic E-state index is 0.144. The fourth-order valence-corrected chi connectivity index (χ4v) is 4.01. The van der Waals surface area contributed by atoms with Crippen LogP contribution >= 0.6 is 0 Å². The molecule has 0 fully saturated rings. The van der Waals surface area contributed by atoms with E-state index in [0.29, 0.717) is 16.7 Å². The van der Waals surface area contributed by atoms with Crippen LogP contribution in [0.1, 0.15) is 50.2 Å². The first-order valence-electron chi connectivity index (χ1n) is 11.4. The van der Waals surface area contributed by atoms with Gasteiger partial charge in [-0.05, 0) is 29.7 Å². The van der Waals surface area contributed by atoms with E-state index in [0.717, 1.165) is 38.4 Å². The Balaban J connectivity index is 2.47. The number of ether oxygens (including phenoxy) is 2. The summed E-state index contributed by atoms with van der Waals surface area (Å²) in [6, 6.07) is 15.0. The van der Waals surface area contributed by atoms with Gasteiger partial charge >= 0.3 is 11.9 Å². The van der Waals surface area contributed by atoms with Crippen LogP contribution in [0.25, 0.3) is 11.1 Å². The summed E-state index contributed by atoms with van der Waals surface area (Å²) in [6.45, 7) is 1.90. The van der Waals surface area contributed by atoms with Crippen molar-refractivity contribution in [2.75, 3.05) is 26.0 Å². The molecule has 0 radical (unpaired) electrons. The number of hydrogen-bond acceptors (Lipinski definition) is 7. The summed E-state index contributed by atoms with van der Waals surface area (Å²) in [5.41, 5.74) is 7.18. The number of esters is 2. The molecule has 0 saturated heterocycles. The summed E-state index contributed by atoms with van der Waals surface area (Å²) >= 11 is 0. The summed E-state index contributed by atoms with van der Waals surface area (Å²) in [5.74, 6) is -1.16. The van der Waals surface area contributed by atoms with Crippen molar-refractivity contribution in [2.45, 2.75) is 43.9 Å². The van der Waals surface area contributed by atoms with Crippen LogP contribution in [0.5, 0.6) is 0 Å². The highest BCUT2D eigenvalue weighted by Crippen LogP contribution is 2.29. The monoisotopic (exact) mass is 487 g/mol. The number of hydrogen-bond donors (Lipinski definition) is 1. The van der Waals surface area contributed by atoms with E-state index in [1.165, 1.54) is 12.1 Å². The molecule has 0 amide bonds. The van der Waals surface area contributed by atoms with Crippen LogP contribution in [0.15, 0.2) is 59.5 Å². The van der Waals surface area contributed by atoms with Gasteiger partial charge in [0.15, 0.2) is 9.84 Å². The molecule has 184 valence electrons. The summed E-state index contributed by atoms with van der Waals surface area (Å²) in [5, 5.41) is 0. The highest BCUT2D eigenvalue weighted by Gasteiger charge is 2.22. The van der Waals surface area contributed by atoms with E-state index in [9.17, 15) is 18.0 Å². The van der Waals surface area contributed by atoms with Crippen LogP contribution in [0, 0.1) is 0 Å². The van der Waals surface area contributed by atoms with Gasteiger partial charge in [0.2, 0.25) is 0 Å². The Morgan fingerprint density at radius 1 is 0.853 bits per heavy atom. The van der Waals surface area contributed by atoms with Gasteiger partial charge in [0.25, 0.3) is 0 Å². The van der Waals surface area contributed by atoms with Crippen molar-refractivity contribution in [3.05, 3.63) is 65.7 Å². The first-order valence-corrected chi connectivity index (χ1v) is 13.3. The molecule has 0 aromatic heterocycles. The highest BCUT2D eigenvalue weighted by atomic mass is 32.2.